The summed E-state index contributed by atoms with van der Waals surface area (Å²) in [6.45, 7) is 3.40. The summed E-state index contributed by atoms with van der Waals surface area (Å²) in [5.74, 6) is -0.0800. The third-order valence-corrected chi connectivity index (χ3v) is 3.56. The van der Waals surface area contributed by atoms with Gasteiger partial charge in [-0.25, -0.2) is 9.59 Å². The van der Waals surface area contributed by atoms with Crippen LogP contribution < -0.4 is 5.32 Å². The summed E-state index contributed by atoms with van der Waals surface area (Å²) in [5.41, 5.74) is 2.03. The normalized spacial score (nSPS) is 13.8. The Morgan fingerprint density at radius 1 is 1.48 bits per heavy atom. The Hall–Kier alpha value is -1.76. The molecular formula is C13H19ClN4O3. The number of nitrogens with zero attached hydrogens (tertiary/aromatic N) is 3. The Morgan fingerprint density at radius 2 is 2.24 bits per heavy atom. The second kappa shape index (κ2) is 6.80. The number of hydrogen-bond acceptors (Lipinski definition) is 4. The third kappa shape index (κ3) is 3.29. The van der Waals surface area contributed by atoms with Gasteiger partial charge in [0.05, 0.1) is 13.2 Å². The minimum absolute atomic E-state index is 0.181. The van der Waals surface area contributed by atoms with Crippen molar-refractivity contribution in [1.82, 2.24) is 20.0 Å². The van der Waals surface area contributed by atoms with Crippen LogP contribution in [0.1, 0.15) is 28.7 Å². The summed E-state index contributed by atoms with van der Waals surface area (Å²) in [4.78, 5) is 25.6. The highest BCUT2D eigenvalue weighted by Crippen LogP contribution is 2.22. The fourth-order valence-corrected chi connectivity index (χ4v) is 2.49. The molecule has 1 aliphatic heterocycles. The second-order valence-corrected chi connectivity index (χ2v) is 5.09. The molecule has 0 spiro atoms. The first-order chi connectivity index (χ1) is 10.1. The van der Waals surface area contributed by atoms with Crippen molar-refractivity contribution in [3.8, 4) is 0 Å². The van der Waals surface area contributed by atoms with Crippen LogP contribution in [0.5, 0.6) is 0 Å². The number of aromatic nitrogens is 2. The molecule has 8 heteroatoms. The van der Waals surface area contributed by atoms with E-state index in [1.54, 1.807) is 23.6 Å². The maximum atomic E-state index is 12.0. The molecule has 0 unspecified atom stereocenters. The second-order valence-electron chi connectivity index (χ2n) is 4.71. The third-order valence-electron chi connectivity index (χ3n) is 3.37. The number of aryl methyl sites for hydroxylation is 1. The minimum Gasteiger partial charge on any atom is -0.461 e. The van der Waals surface area contributed by atoms with Gasteiger partial charge in [-0.1, -0.05) is 0 Å². The van der Waals surface area contributed by atoms with Crippen molar-refractivity contribution in [2.45, 2.75) is 19.9 Å². The van der Waals surface area contributed by atoms with E-state index in [0.29, 0.717) is 44.2 Å². The van der Waals surface area contributed by atoms with E-state index >= 15 is 0 Å². The smallest absolute Gasteiger partial charge is 0.359 e. The van der Waals surface area contributed by atoms with Gasteiger partial charge in [0.25, 0.3) is 0 Å². The number of urea groups is 1. The number of nitrogens with one attached hydrogen (secondary N) is 1. The van der Waals surface area contributed by atoms with Gasteiger partial charge in [-0.3, -0.25) is 4.68 Å². The lowest BCUT2D eigenvalue weighted by molar-refractivity contribution is 0.0516. The van der Waals surface area contributed by atoms with Crippen molar-refractivity contribution in [3.63, 3.8) is 0 Å². The Bertz CT molecular complexity index is 544. The van der Waals surface area contributed by atoms with E-state index in [4.69, 9.17) is 16.3 Å². The number of alkyl halides is 1. The summed E-state index contributed by atoms with van der Waals surface area (Å²) in [7, 11) is 1.80. The number of carbonyl (C=O) groups is 2. The lowest BCUT2D eigenvalue weighted by atomic mass is 10.1. The predicted octanol–water partition coefficient (Wildman–Crippen LogP) is 0.903. The summed E-state index contributed by atoms with van der Waals surface area (Å²) < 4.78 is 6.71. The topological polar surface area (TPSA) is 76.5 Å². The lowest BCUT2D eigenvalue weighted by Gasteiger charge is -2.27. The van der Waals surface area contributed by atoms with Crippen LogP contribution in [-0.2, 0) is 24.8 Å². The van der Waals surface area contributed by atoms with Gasteiger partial charge in [0, 0.05) is 43.7 Å². The van der Waals surface area contributed by atoms with Crippen molar-refractivity contribution in [2.75, 3.05) is 25.6 Å². The molecule has 0 saturated carbocycles. The van der Waals surface area contributed by atoms with Crippen LogP contribution in [0.15, 0.2) is 0 Å². The molecule has 21 heavy (non-hydrogen) atoms. The van der Waals surface area contributed by atoms with Gasteiger partial charge in [-0.2, -0.15) is 5.10 Å². The van der Waals surface area contributed by atoms with Gasteiger partial charge in [0.15, 0.2) is 5.69 Å². The Labute approximate surface area is 128 Å². The Kier molecular flexibility index (Phi) is 5.06. The lowest BCUT2D eigenvalue weighted by Crippen LogP contribution is -2.43. The fraction of sp³-hybridized carbons (Fsp3) is 0.615. The van der Waals surface area contributed by atoms with E-state index in [0.717, 1.165) is 11.3 Å². The summed E-state index contributed by atoms with van der Waals surface area (Å²) in [5, 5.41) is 6.95. The molecule has 0 aliphatic carbocycles. The van der Waals surface area contributed by atoms with Crippen LogP contribution in [0.25, 0.3) is 0 Å². The van der Waals surface area contributed by atoms with Crippen molar-refractivity contribution in [2.24, 2.45) is 7.05 Å². The van der Waals surface area contributed by atoms with Gasteiger partial charge >= 0.3 is 12.0 Å². The molecule has 7 nitrogen and oxygen atoms in total. The zero-order chi connectivity index (χ0) is 15.4. The molecule has 1 aliphatic rings. The summed E-state index contributed by atoms with van der Waals surface area (Å²) in [6.07, 6.45) is 0.659. The van der Waals surface area contributed by atoms with E-state index < -0.39 is 5.97 Å². The molecular weight excluding hydrogens is 296 g/mol. The zero-order valence-corrected chi connectivity index (χ0v) is 12.9. The van der Waals surface area contributed by atoms with Crippen LogP contribution in [0.3, 0.4) is 0 Å². The van der Waals surface area contributed by atoms with Gasteiger partial charge in [-0.15, -0.1) is 11.6 Å². The molecule has 0 bridgehead atoms. The van der Waals surface area contributed by atoms with E-state index in [1.165, 1.54) is 0 Å². The van der Waals surface area contributed by atoms with Crippen LogP contribution in [0, 0.1) is 0 Å². The molecule has 0 atom stereocenters. The molecule has 2 amide bonds. The van der Waals surface area contributed by atoms with Crippen molar-refractivity contribution in [3.05, 3.63) is 17.0 Å². The number of fused-ring (bicyclic) bond motifs is 1. The maximum Gasteiger partial charge on any atom is 0.359 e. The van der Waals surface area contributed by atoms with Crippen molar-refractivity contribution >= 4 is 23.6 Å². The number of hydrogen-bond donors (Lipinski definition) is 1. The molecule has 0 radical (unpaired) electrons. The molecule has 1 aromatic heterocycles. The van der Waals surface area contributed by atoms with E-state index in [9.17, 15) is 9.59 Å². The number of rotatable bonds is 4. The van der Waals surface area contributed by atoms with E-state index in [2.05, 4.69) is 10.4 Å². The standard InChI is InChI=1S/C13H19ClN4O3/c1-3-21-12(19)11-9-8-18(13(20)15-6-5-14)7-4-10(9)17(2)16-11/h3-8H2,1-2H3,(H,15,20). The first-order valence-corrected chi connectivity index (χ1v) is 7.42. The van der Waals surface area contributed by atoms with Crippen molar-refractivity contribution < 1.29 is 14.3 Å². The zero-order valence-electron chi connectivity index (χ0n) is 12.2. The van der Waals surface area contributed by atoms with Crippen LogP contribution in [-0.4, -0.2) is 52.3 Å². The van der Waals surface area contributed by atoms with E-state index in [-0.39, 0.29) is 6.03 Å². The van der Waals surface area contributed by atoms with Crippen LogP contribution in [0.2, 0.25) is 0 Å². The molecule has 1 aromatic rings. The quantitative estimate of drug-likeness (QED) is 0.662. The van der Waals surface area contributed by atoms with Crippen LogP contribution in [0.4, 0.5) is 4.79 Å². The highest BCUT2D eigenvalue weighted by atomic mass is 35.5. The van der Waals surface area contributed by atoms with Gasteiger partial charge in [-0.05, 0) is 6.92 Å². The molecule has 0 fully saturated rings. The number of esters is 1. The first kappa shape index (κ1) is 15.6. The van der Waals surface area contributed by atoms with Gasteiger partial charge < -0.3 is 15.0 Å². The number of halogens is 1. The SMILES string of the molecule is CCOC(=O)c1nn(C)c2c1CN(C(=O)NCCCl)CC2. The number of carbonyl (C=O) groups excluding carboxylic acids is 2. The van der Waals surface area contributed by atoms with Gasteiger partial charge in [0.2, 0.25) is 0 Å². The maximum absolute atomic E-state index is 12.0. The average molecular weight is 315 g/mol. The largest absolute Gasteiger partial charge is 0.461 e. The monoisotopic (exact) mass is 314 g/mol. The first-order valence-electron chi connectivity index (χ1n) is 6.89. The molecule has 1 N–H and O–H groups in total. The Balaban J connectivity index is 2.18. The number of ether oxygens (including phenoxy) is 1. The van der Waals surface area contributed by atoms with Crippen LogP contribution >= 0.6 is 11.6 Å². The molecule has 0 aromatic carbocycles. The molecule has 0 saturated heterocycles. The fourth-order valence-electron chi connectivity index (χ4n) is 2.40. The summed E-state index contributed by atoms with van der Waals surface area (Å²) >= 11 is 5.56. The highest BCUT2D eigenvalue weighted by Gasteiger charge is 2.29. The number of amides is 2. The highest BCUT2D eigenvalue weighted by molar-refractivity contribution is 6.18. The average Bonchev–Trinajstić information content (AvgIpc) is 2.82. The van der Waals surface area contributed by atoms with Gasteiger partial charge in [0.1, 0.15) is 0 Å². The molecule has 2 heterocycles. The minimum atomic E-state index is -0.447. The van der Waals surface area contributed by atoms with E-state index in [1.807, 2.05) is 0 Å². The Morgan fingerprint density at radius 3 is 2.90 bits per heavy atom. The molecule has 116 valence electrons. The van der Waals surface area contributed by atoms with Crippen molar-refractivity contribution in [1.29, 1.82) is 0 Å². The summed E-state index contributed by atoms with van der Waals surface area (Å²) in [6, 6.07) is -0.181. The molecule has 2 rings (SSSR count). The predicted molar refractivity (Wildman–Crippen MR) is 77.4 cm³/mol.